The number of anilines is 1. The molecule has 1 saturated heterocycles. The molecular weight excluding hydrogens is 432 g/mol. The normalized spacial score (nSPS) is 15.6. The topological polar surface area (TPSA) is 65.8 Å². The molecule has 0 saturated carbocycles. The fraction of sp³-hybridized carbons (Fsp3) is 0.320. The molecule has 4 heterocycles. The molecule has 7 nitrogen and oxygen atoms in total. The molecule has 1 aliphatic heterocycles. The van der Waals surface area contributed by atoms with Crippen molar-refractivity contribution in [1.29, 1.82) is 0 Å². The van der Waals surface area contributed by atoms with Crippen LogP contribution in [0.3, 0.4) is 0 Å². The molecule has 0 bridgehead atoms. The summed E-state index contributed by atoms with van der Waals surface area (Å²) in [6.07, 6.45) is 6.42. The van der Waals surface area contributed by atoms with Gasteiger partial charge in [0.2, 0.25) is 5.91 Å². The van der Waals surface area contributed by atoms with Crippen LogP contribution >= 0.6 is 11.3 Å². The third kappa shape index (κ3) is 4.77. The van der Waals surface area contributed by atoms with Gasteiger partial charge in [0, 0.05) is 55.6 Å². The number of piperazine rings is 1. The number of rotatable bonds is 7. The summed E-state index contributed by atoms with van der Waals surface area (Å²) >= 11 is 1.81. The van der Waals surface area contributed by atoms with Crippen LogP contribution in [0.5, 0.6) is 0 Å². The van der Waals surface area contributed by atoms with Crippen molar-refractivity contribution in [3.63, 3.8) is 0 Å². The highest BCUT2D eigenvalue weighted by Crippen LogP contribution is 2.29. The SMILES string of the molecule is CC(Nc1c(-c2ccccc2)nc2cnccn12)C(=O)N1CCN(CCc2cccs2)CC1. The molecular formula is C25H28N6OS. The van der Waals surface area contributed by atoms with Gasteiger partial charge >= 0.3 is 0 Å². The zero-order valence-corrected chi connectivity index (χ0v) is 19.5. The van der Waals surface area contributed by atoms with E-state index in [0.29, 0.717) is 0 Å². The van der Waals surface area contributed by atoms with Crippen LogP contribution in [0.1, 0.15) is 11.8 Å². The Morgan fingerprint density at radius 3 is 2.70 bits per heavy atom. The average molecular weight is 461 g/mol. The second-order valence-electron chi connectivity index (χ2n) is 8.34. The predicted molar refractivity (Wildman–Crippen MR) is 133 cm³/mol. The first-order valence-corrected chi connectivity index (χ1v) is 12.2. The van der Waals surface area contributed by atoms with Gasteiger partial charge in [-0.2, -0.15) is 0 Å². The Labute approximate surface area is 197 Å². The highest BCUT2D eigenvalue weighted by molar-refractivity contribution is 7.09. The lowest BCUT2D eigenvalue weighted by molar-refractivity contribution is -0.133. The van der Waals surface area contributed by atoms with Crippen molar-refractivity contribution in [3.05, 3.63) is 71.3 Å². The molecule has 1 unspecified atom stereocenters. The van der Waals surface area contributed by atoms with Crippen LogP contribution in [0.25, 0.3) is 16.9 Å². The van der Waals surface area contributed by atoms with Gasteiger partial charge in [0.15, 0.2) is 5.65 Å². The van der Waals surface area contributed by atoms with Gasteiger partial charge in [-0.3, -0.25) is 19.1 Å². The summed E-state index contributed by atoms with van der Waals surface area (Å²) in [7, 11) is 0. The summed E-state index contributed by atoms with van der Waals surface area (Å²) in [6.45, 7) is 6.34. The third-order valence-electron chi connectivity index (χ3n) is 6.14. The van der Waals surface area contributed by atoms with Gasteiger partial charge in [0.1, 0.15) is 17.6 Å². The Bertz CT molecular complexity index is 1200. The molecule has 5 rings (SSSR count). The van der Waals surface area contributed by atoms with Crippen LogP contribution in [-0.4, -0.2) is 68.8 Å². The van der Waals surface area contributed by atoms with Crippen molar-refractivity contribution in [2.45, 2.75) is 19.4 Å². The number of carbonyl (C=O) groups excluding carboxylic acids is 1. The van der Waals surface area contributed by atoms with Gasteiger partial charge in [-0.25, -0.2) is 4.98 Å². The minimum atomic E-state index is -0.363. The molecule has 1 fully saturated rings. The average Bonchev–Trinajstić information content (AvgIpc) is 3.51. The number of hydrogen-bond donors (Lipinski definition) is 1. The minimum Gasteiger partial charge on any atom is -0.358 e. The quantitative estimate of drug-likeness (QED) is 0.456. The monoisotopic (exact) mass is 460 g/mol. The third-order valence-corrected chi connectivity index (χ3v) is 7.08. The first-order valence-electron chi connectivity index (χ1n) is 11.4. The fourth-order valence-corrected chi connectivity index (χ4v) is 5.00. The van der Waals surface area contributed by atoms with Crippen LogP contribution in [0.4, 0.5) is 5.82 Å². The number of aromatic nitrogens is 3. The van der Waals surface area contributed by atoms with Gasteiger partial charge < -0.3 is 10.2 Å². The van der Waals surface area contributed by atoms with Crippen molar-refractivity contribution in [2.75, 3.05) is 38.0 Å². The number of amides is 1. The molecule has 1 amide bonds. The number of benzene rings is 1. The standard InChI is InChI=1S/C25H28N6OS/c1-19(25(32)30-15-13-29(14-16-30)11-9-21-8-5-17-33-21)27-24-23(20-6-3-2-4-7-20)28-22-18-26-10-12-31(22)24/h2-8,10,12,17-19,27H,9,11,13-16H2,1H3. The van der Waals surface area contributed by atoms with Crippen LogP contribution in [0, 0.1) is 0 Å². The molecule has 3 aromatic heterocycles. The van der Waals surface area contributed by atoms with Gasteiger partial charge in [0.25, 0.3) is 0 Å². The molecule has 0 aliphatic carbocycles. The highest BCUT2D eigenvalue weighted by atomic mass is 32.1. The lowest BCUT2D eigenvalue weighted by atomic mass is 10.1. The molecule has 170 valence electrons. The Morgan fingerprint density at radius 2 is 1.94 bits per heavy atom. The summed E-state index contributed by atoms with van der Waals surface area (Å²) in [5.41, 5.74) is 2.57. The van der Waals surface area contributed by atoms with Crippen LogP contribution in [0.15, 0.2) is 66.4 Å². The molecule has 33 heavy (non-hydrogen) atoms. The van der Waals surface area contributed by atoms with E-state index in [2.05, 4.69) is 32.7 Å². The number of hydrogen-bond acceptors (Lipinski definition) is 6. The number of carbonyl (C=O) groups is 1. The maximum Gasteiger partial charge on any atom is 0.244 e. The minimum absolute atomic E-state index is 0.121. The van der Waals surface area contributed by atoms with Crippen molar-refractivity contribution >= 4 is 28.7 Å². The summed E-state index contributed by atoms with van der Waals surface area (Å²) in [4.78, 5) is 28.1. The second kappa shape index (κ2) is 9.72. The highest BCUT2D eigenvalue weighted by Gasteiger charge is 2.26. The van der Waals surface area contributed by atoms with E-state index in [9.17, 15) is 4.79 Å². The van der Waals surface area contributed by atoms with E-state index in [-0.39, 0.29) is 11.9 Å². The Balaban J connectivity index is 1.25. The molecule has 4 aromatic rings. The summed E-state index contributed by atoms with van der Waals surface area (Å²) in [6, 6.07) is 14.0. The van der Waals surface area contributed by atoms with E-state index < -0.39 is 0 Å². The number of nitrogens with zero attached hydrogens (tertiary/aromatic N) is 5. The van der Waals surface area contributed by atoms with E-state index in [1.54, 1.807) is 12.4 Å². The lowest BCUT2D eigenvalue weighted by Gasteiger charge is -2.36. The zero-order chi connectivity index (χ0) is 22.6. The number of imidazole rings is 1. The Morgan fingerprint density at radius 1 is 1.12 bits per heavy atom. The van der Waals surface area contributed by atoms with Gasteiger partial charge in [-0.1, -0.05) is 36.4 Å². The zero-order valence-electron chi connectivity index (χ0n) is 18.7. The number of thiophene rings is 1. The van der Waals surface area contributed by atoms with E-state index in [4.69, 9.17) is 4.98 Å². The smallest absolute Gasteiger partial charge is 0.244 e. The van der Waals surface area contributed by atoms with E-state index >= 15 is 0 Å². The molecule has 1 aliphatic rings. The number of fused-ring (bicyclic) bond motifs is 1. The fourth-order valence-electron chi connectivity index (χ4n) is 4.30. The lowest BCUT2D eigenvalue weighted by Crippen LogP contribution is -2.52. The van der Waals surface area contributed by atoms with E-state index in [1.807, 2.05) is 64.1 Å². The molecule has 1 N–H and O–H groups in total. The van der Waals surface area contributed by atoms with Gasteiger partial charge in [-0.05, 0) is 24.8 Å². The maximum absolute atomic E-state index is 13.3. The van der Waals surface area contributed by atoms with E-state index in [1.165, 1.54) is 4.88 Å². The molecule has 8 heteroatoms. The van der Waals surface area contributed by atoms with Crippen molar-refractivity contribution < 1.29 is 4.79 Å². The molecule has 0 radical (unpaired) electrons. The van der Waals surface area contributed by atoms with Crippen LogP contribution < -0.4 is 5.32 Å². The molecule has 0 spiro atoms. The number of nitrogens with one attached hydrogen (secondary N) is 1. The van der Waals surface area contributed by atoms with Crippen molar-refractivity contribution in [1.82, 2.24) is 24.2 Å². The van der Waals surface area contributed by atoms with Gasteiger partial charge in [0.05, 0.1) is 6.20 Å². The maximum atomic E-state index is 13.3. The Hall–Kier alpha value is -3.23. The van der Waals surface area contributed by atoms with E-state index in [0.717, 1.165) is 61.9 Å². The second-order valence-corrected chi connectivity index (χ2v) is 9.37. The predicted octanol–water partition coefficient (Wildman–Crippen LogP) is 3.65. The van der Waals surface area contributed by atoms with Crippen LogP contribution in [-0.2, 0) is 11.2 Å². The van der Waals surface area contributed by atoms with Crippen molar-refractivity contribution in [3.8, 4) is 11.3 Å². The van der Waals surface area contributed by atoms with Crippen molar-refractivity contribution in [2.24, 2.45) is 0 Å². The summed E-state index contributed by atoms with van der Waals surface area (Å²) < 4.78 is 1.96. The summed E-state index contributed by atoms with van der Waals surface area (Å²) in [5, 5.41) is 5.58. The Kier molecular flexibility index (Phi) is 6.37. The first kappa shape index (κ1) is 21.6. The first-order chi connectivity index (χ1) is 16.2. The summed E-state index contributed by atoms with van der Waals surface area (Å²) in [5.74, 6) is 0.935. The van der Waals surface area contributed by atoms with Crippen LogP contribution in [0.2, 0.25) is 0 Å². The van der Waals surface area contributed by atoms with Gasteiger partial charge in [-0.15, -0.1) is 11.3 Å². The molecule has 1 aromatic carbocycles. The largest absolute Gasteiger partial charge is 0.358 e. The molecule has 1 atom stereocenters.